The number of hydrogen-bond donors (Lipinski definition) is 0. The van der Waals surface area contributed by atoms with Crippen molar-refractivity contribution in [2.45, 2.75) is 32.9 Å². The average molecular weight is 402 g/mol. The normalized spacial score (nSPS) is 19.1. The third-order valence-electron chi connectivity index (χ3n) is 5.55. The van der Waals surface area contributed by atoms with Crippen LogP contribution in [-0.2, 0) is 6.18 Å². The number of amides is 1. The monoisotopic (exact) mass is 402 g/mol. The first-order valence-corrected chi connectivity index (χ1v) is 9.35. The van der Waals surface area contributed by atoms with Gasteiger partial charge in [-0.15, -0.1) is 0 Å². The molecular formula is C21H21F3N4O. The maximum atomic E-state index is 13.4. The highest BCUT2D eigenvalue weighted by atomic mass is 19.4. The zero-order valence-electron chi connectivity index (χ0n) is 16.4. The summed E-state index contributed by atoms with van der Waals surface area (Å²) in [6.45, 7) is 6.66. The second-order valence-electron chi connectivity index (χ2n) is 8.21. The van der Waals surface area contributed by atoms with Gasteiger partial charge in [-0.25, -0.2) is 9.50 Å². The largest absolute Gasteiger partial charge is 0.433 e. The van der Waals surface area contributed by atoms with Crippen LogP contribution in [0.1, 0.15) is 47.1 Å². The van der Waals surface area contributed by atoms with E-state index in [1.807, 2.05) is 30.3 Å². The van der Waals surface area contributed by atoms with Crippen LogP contribution in [0, 0.1) is 12.3 Å². The topological polar surface area (TPSA) is 50.5 Å². The van der Waals surface area contributed by atoms with Crippen LogP contribution in [-0.4, -0.2) is 38.5 Å². The molecule has 0 saturated carbocycles. The fraction of sp³-hybridized carbons (Fsp3) is 0.381. The third-order valence-corrected chi connectivity index (χ3v) is 5.55. The lowest BCUT2D eigenvalue weighted by molar-refractivity contribution is -0.142. The molecule has 29 heavy (non-hydrogen) atoms. The van der Waals surface area contributed by atoms with Gasteiger partial charge < -0.3 is 4.90 Å². The van der Waals surface area contributed by atoms with Gasteiger partial charge in [0.25, 0.3) is 5.91 Å². The number of fused-ring (bicyclic) bond motifs is 1. The van der Waals surface area contributed by atoms with E-state index in [4.69, 9.17) is 0 Å². The van der Waals surface area contributed by atoms with Crippen molar-refractivity contribution in [3.63, 3.8) is 0 Å². The van der Waals surface area contributed by atoms with Crippen molar-refractivity contribution in [2.24, 2.45) is 5.41 Å². The summed E-state index contributed by atoms with van der Waals surface area (Å²) < 4.78 is 40.8. The average Bonchev–Trinajstić information content (AvgIpc) is 3.20. The summed E-state index contributed by atoms with van der Waals surface area (Å²) in [5, 5.41) is 3.82. The van der Waals surface area contributed by atoms with Gasteiger partial charge in [0.15, 0.2) is 5.65 Å². The number of likely N-dealkylation sites (tertiary alicyclic amines) is 1. The maximum Gasteiger partial charge on any atom is 0.433 e. The van der Waals surface area contributed by atoms with Crippen LogP contribution in [0.4, 0.5) is 13.2 Å². The Bertz CT molecular complexity index is 1070. The van der Waals surface area contributed by atoms with Gasteiger partial charge in [0, 0.05) is 24.7 Å². The van der Waals surface area contributed by atoms with Crippen molar-refractivity contribution in [3.05, 3.63) is 65.1 Å². The molecule has 0 bridgehead atoms. The van der Waals surface area contributed by atoms with Crippen molar-refractivity contribution in [2.75, 3.05) is 13.1 Å². The lowest BCUT2D eigenvalue weighted by Crippen LogP contribution is -2.30. The van der Waals surface area contributed by atoms with Gasteiger partial charge in [0.1, 0.15) is 11.3 Å². The molecule has 5 nitrogen and oxygen atoms in total. The highest BCUT2D eigenvalue weighted by Crippen LogP contribution is 2.42. The van der Waals surface area contributed by atoms with E-state index in [9.17, 15) is 18.0 Å². The number of hydrogen-bond acceptors (Lipinski definition) is 3. The Balaban J connectivity index is 1.71. The number of halogens is 3. The van der Waals surface area contributed by atoms with Crippen LogP contribution in [0.3, 0.4) is 0 Å². The van der Waals surface area contributed by atoms with E-state index in [0.717, 1.165) is 11.6 Å². The van der Waals surface area contributed by atoms with E-state index in [1.165, 1.54) is 13.1 Å². The lowest BCUT2D eigenvalue weighted by atomic mass is 9.78. The van der Waals surface area contributed by atoms with E-state index in [0.29, 0.717) is 17.6 Å². The van der Waals surface area contributed by atoms with Gasteiger partial charge in [-0.05, 0) is 24.0 Å². The van der Waals surface area contributed by atoms with Gasteiger partial charge in [-0.3, -0.25) is 4.79 Å². The predicted octanol–water partition coefficient (Wildman–Crippen LogP) is 4.32. The van der Waals surface area contributed by atoms with Crippen LogP contribution in [0.5, 0.6) is 0 Å². The summed E-state index contributed by atoms with van der Waals surface area (Å²) in [5.74, 6) is -0.215. The summed E-state index contributed by atoms with van der Waals surface area (Å²) in [7, 11) is 0. The predicted molar refractivity (Wildman–Crippen MR) is 102 cm³/mol. The van der Waals surface area contributed by atoms with E-state index < -0.39 is 11.9 Å². The molecule has 0 aliphatic carbocycles. The number of carbonyl (C=O) groups excluding carboxylic acids is 1. The van der Waals surface area contributed by atoms with Crippen molar-refractivity contribution in [3.8, 4) is 0 Å². The standard InChI is InChI=1S/C21H21F3N4O/c1-13-9-17(21(22,23)24)28-18(26-13)15(10-25-28)19(29)27-11-16(20(2,3)12-27)14-7-5-4-6-8-14/h4-10,16H,11-12H2,1-3H3. The van der Waals surface area contributed by atoms with Crippen LogP contribution in [0.15, 0.2) is 42.6 Å². The van der Waals surface area contributed by atoms with Crippen LogP contribution < -0.4 is 0 Å². The molecule has 3 heterocycles. The highest BCUT2D eigenvalue weighted by molar-refractivity contribution is 6.00. The number of nitrogens with zero attached hydrogens (tertiary/aromatic N) is 4. The molecule has 3 aromatic rings. The second kappa shape index (κ2) is 6.57. The number of aryl methyl sites for hydroxylation is 1. The summed E-state index contributed by atoms with van der Waals surface area (Å²) in [5.41, 5.74) is 0.236. The molecule has 1 aliphatic heterocycles. The number of alkyl halides is 3. The first kappa shape index (κ1) is 19.4. The van der Waals surface area contributed by atoms with Crippen molar-refractivity contribution >= 4 is 11.6 Å². The molecule has 1 fully saturated rings. The maximum absolute atomic E-state index is 13.4. The third kappa shape index (κ3) is 3.36. The molecule has 152 valence electrons. The SMILES string of the molecule is Cc1cc(C(F)(F)F)n2ncc(C(=O)N3CC(c4ccccc4)C(C)(C)C3)c2n1. The van der Waals surface area contributed by atoms with E-state index >= 15 is 0 Å². The molecule has 1 saturated heterocycles. The Morgan fingerprint density at radius 2 is 1.90 bits per heavy atom. The Hall–Kier alpha value is -2.90. The minimum absolute atomic E-state index is 0.0664. The zero-order valence-corrected chi connectivity index (χ0v) is 16.4. The van der Waals surface area contributed by atoms with E-state index in [1.54, 1.807) is 4.90 Å². The van der Waals surface area contributed by atoms with Crippen LogP contribution >= 0.6 is 0 Å². The van der Waals surface area contributed by atoms with Crippen molar-refractivity contribution in [1.82, 2.24) is 19.5 Å². The zero-order chi connectivity index (χ0) is 21.0. The Morgan fingerprint density at radius 1 is 1.21 bits per heavy atom. The molecule has 1 unspecified atom stereocenters. The molecule has 1 aromatic carbocycles. The van der Waals surface area contributed by atoms with E-state index in [2.05, 4.69) is 23.9 Å². The van der Waals surface area contributed by atoms with Crippen molar-refractivity contribution < 1.29 is 18.0 Å². The molecule has 0 spiro atoms. The molecule has 0 radical (unpaired) electrons. The quantitative estimate of drug-likeness (QED) is 0.641. The molecule has 1 amide bonds. The van der Waals surface area contributed by atoms with Gasteiger partial charge >= 0.3 is 6.18 Å². The summed E-state index contributed by atoms with van der Waals surface area (Å²) >= 11 is 0. The fourth-order valence-electron chi connectivity index (χ4n) is 4.14. The van der Waals surface area contributed by atoms with E-state index in [-0.39, 0.29) is 34.1 Å². The van der Waals surface area contributed by atoms with Crippen molar-refractivity contribution in [1.29, 1.82) is 0 Å². The molecule has 1 atom stereocenters. The molecule has 1 aliphatic rings. The van der Waals surface area contributed by atoms with Crippen LogP contribution in [0.2, 0.25) is 0 Å². The van der Waals surface area contributed by atoms with Crippen LogP contribution in [0.25, 0.3) is 5.65 Å². The molecule has 4 rings (SSSR count). The summed E-state index contributed by atoms with van der Waals surface area (Å²) in [6.07, 6.45) is -3.41. The van der Waals surface area contributed by atoms with Gasteiger partial charge in [0.2, 0.25) is 0 Å². The second-order valence-corrected chi connectivity index (χ2v) is 8.21. The Kier molecular flexibility index (Phi) is 4.40. The minimum Gasteiger partial charge on any atom is -0.337 e. The molecule has 2 aromatic heterocycles. The lowest BCUT2D eigenvalue weighted by Gasteiger charge is -2.25. The molecule has 0 N–H and O–H groups in total. The van der Waals surface area contributed by atoms with Gasteiger partial charge in [0.05, 0.1) is 6.20 Å². The Labute approximate surface area is 166 Å². The summed E-state index contributed by atoms with van der Waals surface area (Å²) in [4.78, 5) is 19.1. The number of benzene rings is 1. The van der Waals surface area contributed by atoms with Gasteiger partial charge in [-0.2, -0.15) is 18.3 Å². The first-order chi connectivity index (χ1) is 13.6. The number of aromatic nitrogens is 3. The summed E-state index contributed by atoms with van der Waals surface area (Å²) in [6, 6.07) is 10.9. The minimum atomic E-state index is -4.59. The smallest absolute Gasteiger partial charge is 0.337 e. The fourth-order valence-corrected chi connectivity index (χ4v) is 4.14. The highest BCUT2D eigenvalue weighted by Gasteiger charge is 2.43. The first-order valence-electron chi connectivity index (χ1n) is 9.35. The molecule has 8 heteroatoms. The number of rotatable bonds is 2. The molecular weight excluding hydrogens is 381 g/mol. The van der Waals surface area contributed by atoms with Gasteiger partial charge in [-0.1, -0.05) is 44.2 Å². The Morgan fingerprint density at radius 3 is 2.55 bits per heavy atom. The number of carbonyl (C=O) groups is 1.